The van der Waals surface area contributed by atoms with E-state index in [0.717, 1.165) is 35.5 Å². The minimum absolute atomic E-state index is 0.0674. The average molecular weight is 344 g/mol. The third kappa shape index (κ3) is 3.45. The predicted octanol–water partition coefficient (Wildman–Crippen LogP) is 4.00. The van der Waals surface area contributed by atoms with Gasteiger partial charge in [-0.15, -0.1) is 0 Å². The highest BCUT2D eigenvalue weighted by Gasteiger charge is 2.16. The first kappa shape index (κ1) is 16.9. The second-order valence-electron chi connectivity index (χ2n) is 5.67. The normalized spacial score (nSPS) is 10.9. The van der Waals surface area contributed by atoms with Crippen LogP contribution >= 0.6 is 0 Å². The number of carbonyl (C=O) groups excluding carboxylic acids is 1. The fourth-order valence-electron chi connectivity index (χ4n) is 2.68. The highest BCUT2D eigenvalue weighted by Crippen LogP contribution is 2.18. The van der Waals surface area contributed by atoms with Crippen molar-refractivity contribution in [2.45, 2.75) is 20.0 Å². The Balaban J connectivity index is 1.77. The van der Waals surface area contributed by atoms with E-state index in [0.29, 0.717) is 0 Å². The molecule has 1 heterocycles. The molecule has 1 aromatic heterocycles. The molecule has 5 nitrogen and oxygen atoms in total. The van der Waals surface area contributed by atoms with Crippen LogP contribution in [-0.4, -0.2) is 27.5 Å². The summed E-state index contributed by atoms with van der Waals surface area (Å²) in [7, 11) is 1.59. The number of imidazole rings is 1. The Hall–Kier alpha value is -2.96. The Kier molecular flexibility index (Phi) is 4.65. The average Bonchev–Trinajstić information content (AvgIpc) is 2.94. The molecule has 130 valence electrons. The van der Waals surface area contributed by atoms with Crippen LogP contribution in [0.15, 0.2) is 42.5 Å². The lowest BCUT2D eigenvalue weighted by atomic mass is 10.3. The van der Waals surface area contributed by atoms with Gasteiger partial charge in [-0.2, -0.15) is 0 Å². The summed E-state index contributed by atoms with van der Waals surface area (Å²) in [4.78, 5) is 18.2. The van der Waals surface area contributed by atoms with Crippen LogP contribution in [0, 0.1) is 11.6 Å². The summed E-state index contributed by atoms with van der Waals surface area (Å²) in [5, 5.41) is 2.44. The molecule has 0 aliphatic rings. The van der Waals surface area contributed by atoms with Gasteiger partial charge in [-0.1, -0.05) is 12.1 Å². The van der Waals surface area contributed by atoms with E-state index in [4.69, 9.17) is 0 Å². The molecule has 0 saturated carbocycles. The quantitative estimate of drug-likeness (QED) is 0.778. The van der Waals surface area contributed by atoms with Gasteiger partial charge in [0.05, 0.1) is 23.3 Å². The number of rotatable bonds is 4. The molecule has 3 aromatic rings. The summed E-state index contributed by atoms with van der Waals surface area (Å²) in [6.07, 6.45) is 0. The second kappa shape index (κ2) is 6.88. The van der Waals surface area contributed by atoms with Crippen LogP contribution in [0.3, 0.4) is 0 Å². The number of aryl methyl sites for hydroxylation is 1. The molecular weight excluding hydrogens is 326 g/mol. The Labute approximate surface area is 143 Å². The fraction of sp³-hybridized carbons (Fsp3) is 0.222. The number of amides is 2. The van der Waals surface area contributed by atoms with Crippen molar-refractivity contribution in [2.24, 2.45) is 0 Å². The topological polar surface area (TPSA) is 50.2 Å². The molecule has 0 fully saturated rings. The minimum atomic E-state index is -0.817. The first-order valence-electron chi connectivity index (χ1n) is 7.91. The predicted molar refractivity (Wildman–Crippen MR) is 92.3 cm³/mol. The van der Waals surface area contributed by atoms with E-state index in [2.05, 4.69) is 10.3 Å². The van der Waals surface area contributed by atoms with Crippen LogP contribution in [-0.2, 0) is 13.1 Å². The molecule has 0 bridgehead atoms. The molecule has 7 heteroatoms. The summed E-state index contributed by atoms with van der Waals surface area (Å²) in [5.74, 6) is -0.774. The second-order valence-corrected chi connectivity index (χ2v) is 5.67. The number of benzene rings is 2. The molecule has 2 aromatic carbocycles. The minimum Gasteiger partial charge on any atom is -0.327 e. The van der Waals surface area contributed by atoms with E-state index in [1.165, 1.54) is 11.0 Å². The standard InChI is InChI=1S/C18H18F2N4O/c1-3-24-16-7-5-4-6-15(16)21-17(24)11-23(2)18(25)22-14-9-8-12(19)10-13(14)20/h4-10H,3,11H2,1-2H3,(H,22,25). The molecule has 25 heavy (non-hydrogen) atoms. The molecule has 0 saturated heterocycles. The Morgan fingerprint density at radius 2 is 2.00 bits per heavy atom. The Morgan fingerprint density at radius 1 is 1.24 bits per heavy atom. The van der Waals surface area contributed by atoms with E-state index in [-0.39, 0.29) is 12.2 Å². The van der Waals surface area contributed by atoms with Crippen LogP contribution in [0.2, 0.25) is 0 Å². The van der Waals surface area contributed by atoms with Crippen LogP contribution < -0.4 is 5.32 Å². The first-order valence-corrected chi connectivity index (χ1v) is 7.91. The van der Waals surface area contributed by atoms with Gasteiger partial charge in [0.1, 0.15) is 17.5 Å². The first-order chi connectivity index (χ1) is 12.0. The number of carbonyl (C=O) groups is 1. The zero-order valence-corrected chi connectivity index (χ0v) is 14.0. The fourth-order valence-corrected chi connectivity index (χ4v) is 2.68. The van der Waals surface area contributed by atoms with Crippen molar-refractivity contribution in [3.05, 3.63) is 59.9 Å². The summed E-state index contributed by atoms with van der Waals surface area (Å²) >= 11 is 0. The molecule has 0 atom stereocenters. The lowest BCUT2D eigenvalue weighted by Crippen LogP contribution is -2.32. The maximum atomic E-state index is 13.7. The van der Waals surface area contributed by atoms with Crippen LogP contribution in [0.25, 0.3) is 11.0 Å². The molecule has 3 rings (SSSR count). The van der Waals surface area contributed by atoms with Crippen molar-refractivity contribution < 1.29 is 13.6 Å². The maximum Gasteiger partial charge on any atom is 0.322 e. The number of aromatic nitrogens is 2. The Bertz CT molecular complexity index is 923. The zero-order valence-electron chi connectivity index (χ0n) is 14.0. The summed E-state index contributed by atoms with van der Waals surface area (Å²) in [6.45, 7) is 2.99. The monoisotopic (exact) mass is 344 g/mol. The van der Waals surface area contributed by atoms with Crippen molar-refractivity contribution in [3.8, 4) is 0 Å². The van der Waals surface area contributed by atoms with Crippen LogP contribution in [0.1, 0.15) is 12.7 Å². The summed E-state index contributed by atoms with van der Waals surface area (Å²) in [5.41, 5.74) is 1.79. The van der Waals surface area contributed by atoms with Crippen molar-refractivity contribution in [1.29, 1.82) is 0 Å². The molecular formula is C18H18F2N4O. The SMILES string of the molecule is CCn1c(CN(C)C(=O)Nc2ccc(F)cc2F)nc2ccccc21. The number of para-hydroxylation sites is 2. The van der Waals surface area contributed by atoms with Gasteiger partial charge in [-0.25, -0.2) is 18.6 Å². The van der Waals surface area contributed by atoms with Crippen molar-refractivity contribution in [3.63, 3.8) is 0 Å². The highest BCUT2D eigenvalue weighted by atomic mass is 19.1. The molecule has 2 amide bonds. The van der Waals surface area contributed by atoms with E-state index in [1.54, 1.807) is 7.05 Å². The zero-order chi connectivity index (χ0) is 18.0. The van der Waals surface area contributed by atoms with Crippen molar-refractivity contribution in [2.75, 3.05) is 12.4 Å². The molecule has 0 unspecified atom stereocenters. The molecule has 0 spiro atoms. The number of urea groups is 1. The van der Waals surface area contributed by atoms with E-state index < -0.39 is 17.7 Å². The van der Waals surface area contributed by atoms with Gasteiger partial charge < -0.3 is 14.8 Å². The van der Waals surface area contributed by atoms with Gasteiger partial charge in [0.15, 0.2) is 0 Å². The third-order valence-electron chi connectivity index (χ3n) is 3.95. The molecule has 0 radical (unpaired) electrons. The molecule has 1 N–H and O–H groups in total. The number of anilines is 1. The van der Waals surface area contributed by atoms with Gasteiger partial charge in [0.2, 0.25) is 0 Å². The van der Waals surface area contributed by atoms with Crippen LogP contribution in [0.4, 0.5) is 19.3 Å². The molecule has 0 aliphatic carbocycles. The third-order valence-corrected chi connectivity index (χ3v) is 3.95. The summed E-state index contributed by atoms with van der Waals surface area (Å²) in [6, 6.07) is 10.3. The highest BCUT2D eigenvalue weighted by molar-refractivity contribution is 5.89. The van der Waals surface area contributed by atoms with Crippen molar-refractivity contribution >= 4 is 22.8 Å². The van der Waals surface area contributed by atoms with Gasteiger partial charge in [-0.05, 0) is 31.2 Å². The van der Waals surface area contributed by atoms with Gasteiger partial charge in [0.25, 0.3) is 0 Å². The number of halogens is 2. The summed E-state index contributed by atoms with van der Waals surface area (Å²) < 4.78 is 28.6. The number of fused-ring (bicyclic) bond motifs is 1. The van der Waals surface area contributed by atoms with Gasteiger partial charge in [0, 0.05) is 19.7 Å². The number of hydrogen-bond acceptors (Lipinski definition) is 2. The molecule has 0 aliphatic heterocycles. The van der Waals surface area contributed by atoms with Crippen LogP contribution in [0.5, 0.6) is 0 Å². The van der Waals surface area contributed by atoms with E-state index in [1.807, 2.05) is 35.8 Å². The van der Waals surface area contributed by atoms with E-state index >= 15 is 0 Å². The lowest BCUT2D eigenvalue weighted by Gasteiger charge is -2.18. The number of hydrogen-bond donors (Lipinski definition) is 1. The number of nitrogens with zero attached hydrogens (tertiary/aromatic N) is 3. The van der Waals surface area contributed by atoms with E-state index in [9.17, 15) is 13.6 Å². The van der Waals surface area contributed by atoms with Gasteiger partial charge in [-0.3, -0.25) is 0 Å². The maximum absolute atomic E-state index is 13.7. The lowest BCUT2D eigenvalue weighted by molar-refractivity contribution is 0.219. The largest absolute Gasteiger partial charge is 0.327 e. The Morgan fingerprint density at radius 3 is 2.72 bits per heavy atom. The smallest absolute Gasteiger partial charge is 0.322 e. The van der Waals surface area contributed by atoms with Crippen molar-refractivity contribution in [1.82, 2.24) is 14.5 Å². The van der Waals surface area contributed by atoms with Gasteiger partial charge >= 0.3 is 6.03 Å². The number of nitrogens with one attached hydrogen (secondary N) is 1.